The predicted molar refractivity (Wildman–Crippen MR) is 70.0 cm³/mol. The average Bonchev–Trinajstić information content (AvgIpc) is 2.27. The van der Waals surface area contributed by atoms with Crippen molar-refractivity contribution in [2.45, 2.75) is 19.9 Å². The molecule has 0 saturated carbocycles. The van der Waals surface area contributed by atoms with Crippen LogP contribution < -0.4 is 5.32 Å². The first-order valence-electron chi connectivity index (χ1n) is 5.61. The number of hydrogen-bond acceptors (Lipinski definition) is 2. The smallest absolute Gasteiger partial charge is 0.328 e. The van der Waals surface area contributed by atoms with E-state index in [2.05, 4.69) is 10.3 Å². The molecule has 1 N–H and O–H groups in total. The molecule has 1 aliphatic rings. The first-order chi connectivity index (χ1) is 8.50. The number of hydrogen-bond donors (Lipinski definition) is 1. The lowest BCUT2D eigenvalue weighted by atomic mass is 9.85. The molecule has 1 aromatic rings. The zero-order valence-corrected chi connectivity index (χ0v) is 10.9. The Hall–Kier alpha value is -1.68. The Morgan fingerprint density at radius 2 is 2.06 bits per heavy atom. The number of nitrogens with one attached hydrogen (secondary N) is 1. The molecule has 2 rings (SSSR count). The lowest BCUT2D eigenvalue weighted by molar-refractivity contribution is -0.119. The summed E-state index contributed by atoms with van der Waals surface area (Å²) in [6.45, 7) is 3.18. The highest BCUT2D eigenvalue weighted by atomic mass is 35.5. The molecule has 1 aromatic carbocycles. The number of halogens is 1. The number of amides is 2. The maximum absolute atomic E-state index is 11.7. The highest BCUT2D eigenvalue weighted by Crippen LogP contribution is 2.31. The van der Waals surface area contributed by atoms with Gasteiger partial charge in [0.25, 0.3) is 0 Å². The minimum Gasteiger partial charge on any atom is -0.328 e. The van der Waals surface area contributed by atoms with Gasteiger partial charge in [0.1, 0.15) is 5.78 Å². The van der Waals surface area contributed by atoms with Gasteiger partial charge in [0, 0.05) is 10.7 Å². The molecule has 1 heterocycles. The SMILES string of the molecule is CC(=O)C1C(C)=NC(=O)NC1c1ccccc1Cl. The standard InChI is InChI=1S/C13H13ClN2O2/c1-7-11(8(2)17)12(16-13(18)15-7)9-5-3-4-6-10(9)14/h3-6,11-12H,1-2H3,(H,16,18). The third-order valence-electron chi connectivity index (χ3n) is 3.02. The number of Topliss-reactive ketones (excluding diaryl/α,β-unsaturated/α-hetero) is 1. The molecule has 0 aromatic heterocycles. The second kappa shape index (κ2) is 4.90. The lowest BCUT2D eigenvalue weighted by Crippen LogP contribution is -2.43. The fourth-order valence-electron chi connectivity index (χ4n) is 2.23. The maximum atomic E-state index is 11.7. The van der Waals surface area contributed by atoms with Crippen molar-refractivity contribution in [3.8, 4) is 0 Å². The van der Waals surface area contributed by atoms with Gasteiger partial charge >= 0.3 is 6.03 Å². The van der Waals surface area contributed by atoms with Crippen LogP contribution in [0.15, 0.2) is 29.3 Å². The van der Waals surface area contributed by atoms with Crippen molar-refractivity contribution in [2.24, 2.45) is 10.9 Å². The van der Waals surface area contributed by atoms with Gasteiger partial charge in [-0.25, -0.2) is 9.79 Å². The van der Waals surface area contributed by atoms with Crippen LogP contribution in [0.3, 0.4) is 0 Å². The Bertz CT molecular complexity index is 540. The molecule has 0 spiro atoms. The summed E-state index contributed by atoms with van der Waals surface area (Å²) in [6, 6.07) is 6.30. The van der Waals surface area contributed by atoms with Crippen LogP contribution >= 0.6 is 11.6 Å². The first-order valence-corrected chi connectivity index (χ1v) is 5.99. The zero-order chi connectivity index (χ0) is 13.3. The summed E-state index contributed by atoms with van der Waals surface area (Å²) < 4.78 is 0. The van der Waals surface area contributed by atoms with E-state index >= 15 is 0 Å². The van der Waals surface area contributed by atoms with E-state index < -0.39 is 18.0 Å². The van der Waals surface area contributed by atoms with E-state index in [9.17, 15) is 9.59 Å². The van der Waals surface area contributed by atoms with Crippen molar-refractivity contribution in [2.75, 3.05) is 0 Å². The number of carbonyl (C=O) groups is 2. The van der Waals surface area contributed by atoms with E-state index in [1.165, 1.54) is 6.92 Å². The van der Waals surface area contributed by atoms with Crippen LogP contribution in [0.1, 0.15) is 25.5 Å². The lowest BCUT2D eigenvalue weighted by Gasteiger charge is -2.30. The fraction of sp³-hybridized carbons (Fsp3) is 0.308. The number of aliphatic imine (C=N–C) groups is 1. The molecule has 1 aliphatic heterocycles. The van der Waals surface area contributed by atoms with Crippen LogP contribution in [-0.4, -0.2) is 17.5 Å². The number of benzene rings is 1. The molecular weight excluding hydrogens is 252 g/mol. The van der Waals surface area contributed by atoms with Gasteiger partial charge in [-0.1, -0.05) is 29.8 Å². The zero-order valence-electron chi connectivity index (χ0n) is 10.1. The summed E-state index contributed by atoms with van der Waals surface area (Å²) in [7, 11) is 0. The molecule has 4 nitrogen and oxygen atoms in total. The van der Waals surface area contributed by atoms with Crippen LogP contribution in [-0.2, 0) is 4.79 Å². The van der Waals surface area contributed by atoms with E-state index in [1.54, 1.807) is 19.1 Å². The quantitative estimate of drug-likeness (QED) is 0.893. The molecule has 0 fully saturated rings. The van der Waals surface area contributed by atoms with E-state index in [0.29, 0.717) is 10.7 Å². The van der Waals surface area contributed by atoms with Gasteiger partial charge in [-0.2, -0.15) is 0 Å². The topological polar surface area (TPSA) is 58.5 Å². The van der Waals surface area contributed by atoms with Gasteiger partial charge in [0.05, 0.1) is 12.0 Å². The van der Waals surface area contributed by atoms with Gasteiger partial charge < -0.3 is 5.32 Å². The van der Waals surface area contributed by atoms with Gasteiger partial charge in [-0.15, -0.1) is 0 Å². The molecule has 2 amide bonds. The molecular formula is C13H13ClN2O2. The second-order valence-electron chi connectivity index (χ2n) is 4.29. The number of carbonyl (C=O) groups excluding carboxylic acids is 2. The van der Waals surface area contributed by atoms with Crippen molar-refractivity contribution >= 4 is 29.1 Å². The number of rotatable bonds is 2. The number of ketones is 1. The van der Waals surface area contributed by atoms with Crippen LogP contribution in [0.25, 0.3) is 0 Å². The van der Waals surface area contributed by atoms with Crippen molar-refractivity contribution in [1.29, 1.82) is 0 Å². The highest BCUT2D eigenvalue weighted by molar-refractivity contribution is 6.31. The summed E-state index contributed by atoms with van der Waals surface area (Å²) in [5.41, 5.74) is 1.26. The van der Waals surface area contributed by atoms with Gasteiger partial charge in [0.2, 0.25) is 0 Å². The number of urea groups is 1. The van der Waals surface area contributed by atoms with Crippen LogP contribution in [0.2, 0.25) is 5.02 Å². The van der Waals surface area contributed by atoms with Crippen molar-refractivity contribution < 1.29 is 9.59 Å². The Kier molecular flexibility index (Phi) is 3.48. The average molecular weight is 265 g/mol. The van der Waals surface area contributed by atoms with Crippen molar-refractivity contribution in [3.05, 3.63) is 34.9 Å². The van der Waals surface area contributed by atoms with Crippen LogP contribution in [0.5, 0.6) is 0 Å². The molecule has 2 unspecified atom stereocenters. The molecule has 5 heteroatoms. The molecule has 94 valence electrons. The molecule has 0 aliphatic carbocycles. The fourth-order valence-corrected chi connectivity index (χ4v) is 2.49. The summed E-state index contributed by atoms with van der Waals surface area (Å²) in [5, 5.41) is 3.23. The summed E-state index contributed by atoms with van der Waals surface area (Å²) in [5.74, 6) is -0.497. The third-order valence-corrected chi connectivity index (χ3v) is 3.36. The molecule has 0 radical (unpaired) electrons. The van der Waals surface area contributed by atoms with Gasteiger partial charge in [-0.3, -0.25) is 4.79 Å². The summed E-state index contributed by atoms with van der Waals surface area (Å²) in [6.07, 6.45) is 0. The predicted octanol–water partition coefficient (Wildman–Crippen LogP) is 2.77. The first kappa shape index (κ1) is 12.8. The largest absolute Gasteiger partial charge is 0.341 e. The van der Waals surface area contributed by atoms with E-state index in [0.717, 1.165) is 5.56 Å². The Morgan fingerprint density at radius 1 is 1.39 bits per heavy atom. The molecule has 0 saturated heterocycles. The van der Waals surface area contributed by atoms with E-state index in [-0.39, 0.29) is 5.78 Å². The molecule has 18 heavy (non-hydrogen) atoms. The highest BCUT2D eigenvalue weighted by Gasteiger charge is 2.35. The molecule has 0 bridgehead atoms. The normalized spacial score (nSPS) is 23.3. The minimum absolute atomic E-state index is 0.0406. The molecule has 2 atom stereocenters. The van der Waals surface area contributed by atoms with Crippen molar-refractivity contribution in [1.82, 2.24) is 5.32 Å². The van der Waals surface area contributed by atoms with E-state index in [1.807, 2.05) is 12.1 Å². The van der Waals surface area contributed by atoms with Crippen LogP contribution in [0, 0.1) is 5.92 Å². The number of nitrogens with zero attached hydrogens (tertiary/aromatic N) is 1. The Balaban J connectivity index is 2.48. The minimum atomic E-state index is -0.456. The second-order valence-corrected chi connectivity index (χ2v) is 4.70. The third kappa shape index (κ3) is 2.29. The monoisotopic (exact) mass is 264 g/mol. The van der Waals surface area contributed by atoms with E-state index in [4.69, 9.17) is 11.6 Å². The van der Waals surface area contributed by atoms with Gasteiger partial charge in [-0.05, 0) is 25.5 Å². The Labute approximate surface area is 110 Å². The maximum Gasteiger partial charge on any atom is 0.341 e. The van der Waals surface area contributed by atoms with Crippen molar-refractivity contribution in [3.63, 3.8) is 0 Å². The van der Waals surface area contributed by atoms with Gasteiger partial charge in [0.15, 0.2) is 0 Å². The summed E-state index contributed by atoms with van der Waals surface area (Å²) in [4.78, 5) is 27.0. The van der Waals surface area contributed by atoms with Crippen LogP contribution in [0.4, 0.5) is 4.79 Å². The summed E-state index contributed by atoms with van der Waals surface area (Å²) >= 11 is 6.12. The Morgan fingerprint density at radius 3 is 2.67 bits per heavy atom.